The maximum absolute atomic E-state index is 13.2. The number of aromatic nitrogens is 2. The first-order valence-electron chi connectivity index (χ1n) is 10.3. The van der Waals surface area contributed by atoms with Gasteiger partial charge in [-0.15, -0.1) is 24.8 Å². The largest absolute Gasteiger partial charge is 0.340 e. The number of hydrogen-bond donors (Lipinski definition) is 1. The average molecular weight is 454 g/mol. The summed E-state index contributed by atoms with van der Waals surface area (Å²) < 4.78 is 1.75. The smallest absolute Gasteiger partial charge is 0.244 e. The average Bonchev–Trinajstić information content (AvgIpc) is 3.30. The first kappa shape index (κ1) is 24.7. The summed E-state index contributed by atoms with van der Waals surface area (Å²) in [4.78, 5) is 17.8. The maximum Gasteiger partial charge on any atom is 0.244 e. The van der Waals surface area contributed by atoms with Gasteiger partial charge < -0.3 is 10.2 Å². The molecule has 166 valence electrons. The Hall–Kier alpha value is -1.60. The Morgan fingerprint density at radius 2 is 1.93 bits per heavy atom. The number of nitrogens with one attached hydrogen (secondary N) is 1. The lowest BCUT2D eigenvalue weighted by Crippen LogP contribution is -2.46. The molecule has 2 aliphatic heterocycles. The van der Waals surface area contributed by atoms with Crippen LogP contribution in [0.2, 0.25) is 0 Å². The molecular formula is C22H33Cl2N5O. The minimum Gasteiger partial charge on any atom is -0.340 e. The summed E-state index contributed by atoms with van der Waals surface area (Å²) >= 11 is 0. The summed E-state index contributed by atoms with van der Waals surface area (Å²) in [5.41, 5.74) is 2.55. The molecule has 8 heteroatoms. The molecule has 2 unspecified atom stereocenters. The second kappa shape index (κ2) is 10.6. The number of halogens is 2. The first-order valence-corrected chi connectivity index (χ1v) is 10.3. The van der Waals surface area contributed by atoms with E-state index in [0.717, 1.165) is 44.7 Å². The number of hydrogen-bond acceptors (Lipinski definition) is 4. The first-order chi connectivity index (χ1) is 13.6. The fraction of sp³-hybridized carbons (Fsp3) is 0.545. The number of likely N-dealkylation sites (N-methyl/N-ethyl adjacent to an activating group) is 1. The van der Waals surface area contributed by atoms with Gasteiger partial charge in [0.1, 0.15) is 6.04 Å². The zero-order chi connectivity index (χ0) is 19.6. The minimum absolute atomic E-state index is 0. The molecule has 2 fully saturated rings. The highest BCUT2D eigenvalue weighted by molar-refractivity contribution is 5.85. The predicted octanol–water partition coefficient (Wildman–Crippen LogP) is 3.04. The SMILES string of the molecule is CNC(C(=O)N1CCC2(CCCN(Cc3ccccc3)C2)C1)c1cnn(C)c1.Cl.Cl. The van der Waals surface area contributed by atoms with Gasteiger partial charge in [0.25, 0.3) is 0 Å². The Bertz CT molecular complexity index is 815. The Kier molecular flexibility index (Phi) is 8.73. The quantitative estimate of drug-likeness (QED) is 0.755. The zero-order valence-electron chi connectivity index (χ0n) is 17.8. The van der Waals surface area contributed by atoms with Crippen molar-refractivity contribution in [3.63, 3.8) is 0 Å². The molecule has 1 aromatic heterocycles. The van der Waals surface area contributed by atoms with Crippen LogP contribution in [0.25, 0.3) is 0 Å². The van der Waals surface area contributed by atoms with Crippen molar-refractivity contribution in [3.05, 3.63) is 53.9 Å². The van der Waals surface area contributed by atoms with Crippen LogP contribution in [0.4, 0.5) is 0 Å². The van der Waals surface area contributed by atoms with Crippen LogP contribution < -0.4 is 5.32 Å². The number of benzene rings is 1. The number of piperidine rings is 1. The van der Waals surface area contributed by atoms with Gasteiger partial charge >= 0.3 is 0 Å². The molecule has 0 saturated carbocycles. The number of rotatable bonds is 5. The van der Waals surface area contributed by atoms with Gasteiger partial charge in [0.2, 0.25) is 5.91 Å². The van der Waals surface area contributed by atoms with Crippen molar-refractivity contribution in [1.29, 1.82) is 0 Å². The van der Waals surface area contributed by atoms with Crippen LogP contribution in [-0.4, -0.2) is 58.7 Å². The lowest BCUT2D eigenvalue weighted by Gasteiger charge is -2.40. The van der Waals surface area contributed by atoms with Gasteiger partial charge in [-0.25, -0.2) is 0 Å². The fourth-order valence-corrected chi connectivity index (χ4v) is 4.95. The highest BCUT2D eigenvalue weighted by atomic mass is 35.5. The predicted molar refractivity (Wildman–Crippen MR) is 124 cm³/mol. The molecule has 3 heterocycles. The Morgan fingerprint density at radius 3 is 2.60 bits per heavy atom. The zero-order valence-corrected chi connectivity index (χ0v) is 19.4. The summed E-state index contributed by atoms with van der Waals surface area (Å²) in [5.74, 6) is 0.174. The van der Waals surface area contributed by atoms with E-state index < -0.39 is 0 Å². The normalized spacial score (nSPS) is 22.4. The summed E-state index contributed by atoms with van der Waals surface area (Å²) in [6.45, 7) is 4.97. The number of nitrogens with zero attached hydrogens (tertiary/aromatic N) is 4. The van der Waals surface area contributed by atoms with Crippen molar-refractivity contribution in [2.24, 2.45) is 12.5 Å². The fourth-order valence-electron chi connectivity index (χ4n) is 4.95. The molecule has 30 heavy (non-hydrogen) atoms. The third-order valence-corrected chi connectivity index (χ3v) is 6.33. The second-order valence-corrected chi connectivity index (χ2v) is 8.48. The summed E-state index contributed by atoms with van der Waals surface area (Å²) in [5, 5.41) is 7.41. The summed E-state index contributed by atoms with van der Waals surface area (Å²) in [6.07, 6.45) is 7.25. The van der Waals surface area contributed by atoms with Gasteiger partial charge in [-0.05, 0) is 38.4 Å². The molecule has 6 nitrogen and oxygen atoms in total. The van der Waals surface area contributed by atoms with Gasteiger partial charge in [-0.3, -0.25) is 14.4 Å². The van der Waals surface area contributed by atoms with Crippen molar-refractivity contribution in [1.82, 2.24) is 24.9 Å². The number of amides is 1. The second-order valence-electron chi connectivity index (χ2n) is 8.48. The lowest BCUT2D eigenvalue weighted by molar-refractivity contribution is -0.133. The van der Waals surface area contributed by atoms with E-state index in [4.69, 9.17) is 0 Å². The van der Waals surface area contributed by atoms with Crippen LogP contribution in [-0.2, 0) is 18.4 Å². The van der Waals surface area contributed by atoms with E-state index in [1.165, 1.54) is 18.4 Å². The van der Waals surface area contributed by atoms with Gasteiger partial charge in [0.15, 0.2) is 0 Å². The highest BCUT2D eigenvalue weighted by Gasteiger charge is 2.43. The van der Waals surface area contributed by atoms with Gasteiger partial charge in [-0.1, -0.05) is 30.3 Å². The Labute approximate surface area is 191 Å². The van der Waals surface area contributed by atoms with Crippen LogP contribution in [0, 0.1) is 5.41 Å². The van der Waals surface area contributed by atoms with Crippen LogP contribution >= 0.6 is 24.8 Å². The molecule has 1 spiro atoms. The molecule has 4 rings (SSSR count). The Balaban J connectivity index is 0.00000160. The third kappa shape index (κ3) is 5.35. The molecule has 1 N–H and O–H groups in total. The molecule has 1 amide bonds. The standard InChI is InChI=1S/C22H31N5O.2ClH/c1-23-20(19-13-24-25(2)15-19)21(28)27-12-10-22(17-27)9-6-11-26(16-22)14-18-7-4-3-5-8-18;;/h3-5,7-8,13,15,20,23H,6,9-12,14,16-17H2,1-2H3;2*1H. The van der Waals surface area contributed by atoms with Gasteiger partial charge in [0, 0.05) is 50.4 Å². The van der Waals surface area contributed by atoms with Crippen LogP contribution in [0.15, 0.2) is 42.7 Å². The minimum atomic E-state index is -0.312. The van der Waals surface area contributed by atoms with Crippen LogP contribution in [0.3, 0.4) is 0 Å². The molecule has 0 radical (unpaired) electrons. The highest BCUT2D eigenvalue weighted by Crippen LogP contribution is 2.40. The van der Waals surface area contributed by atoms with E-state index in [-0.39, 0.29) is 42.2 Å². The Morgan fingerprint density at radius 1 is 1.17 bits per heavy atom. The van der Waals surface area contributed by atoms with Crippen LogP contribution in [0.1, 0.15) is 36.4 Å². The molecule has 2 atom stereocenters. The van der Waals surface area contributed by atoms with Gasteiger partial charge in [-0.2, -0.15) is 5.10 Å². The number of carbonyl (C=O) groups is 1. The molecular weight excluding hydrogens is 421 g/mol. The van der Waals surface area contributed by atoms with Crippen molar-refractivity contribution in [2.45, 2.75) is 31.8 Å². The lowest BCUT2D eigenvalue weighted by atomic mass is 9.79. The third-order valence-electron chi connectivity index (χ3n) is 6.33. The van der Waals surface area contributed by atoms with E-state index in [0.29, 0.717) is 0 Å². The number of carbonyl (C=O) groups excluding carboxylic acids is 1. The van der Waals surface area contributed by atoms with E-state index in [1.807, 2.05) is 20.3 Å². The monoisotopic (exact) mass is 453 g/mol. The molecule has 2 saturated heterocycles. The topological polar surface area (TPSA) is 53.4 Å². The summed E-state index contributed by atoms with van der Waals surface area (Å²) in [7, 11) is 3.73. The van der Waals surface area contributed by atoms with Gasteiger partial charge in [0.05, 0.1) is 6.20 Å². The molecule has 1 aromatic carbocycles. The molecule has 0 aliphatic carbocycles. The van der Waals surface area contributed by atoms with Crippen molar-refractivity contribution >= 4 is 30.7 Å². The van der Waals surface area contributed by atoms with Crippen LogP contribution in [0.5, 0.6) is 0 Å². The van der Waals surface area contributed by atoms with E-state index >= 15 is 0 Å². The molecule has 0 bridgehead atoms. The van der Waals surface area contributed by atoms with E-state index in [9.17, 15) is 4.79 Å². The van der Waals surface area contributed by atoms with Crippen molar-refractivity contribution in [3.8, 4) is 0 Å². The van der Waals surface area contributed by atoms with E-state index in [2.05, 4.69) is 50.5 Å². The maximum atomic E-state index is 13.2. The van der Waals surface area contributed by atoms with Crippen molar-refractivity contribution < 1.29 is 4.79 Å². The molecule has 2 aromatic rings. The summed E-state index contributed by atoms with van der Waals surface area (Å²) in [6, 6.07) is 10.4. The van der Waals surface area contributed by atoms with E-state index in [1.54, 1.807) is 10.9 Å². The molecule has 2 aliphatic rings. The number of aryl methyl sites for hydroxylation is 1. The van der Waals surface area contributed by atoms with Crippen molar-refractivity contribution in [2.75, 3.05) is 33.2 Å². The number of likely N-dealkylation sites (tertiary alicyclic amines) is 2.